The lowest BCUT2D eigenvalue weighted by atomic mass is 10.0. The molecule has 85 heavy (non-hydrogen) atoms. The zero-order chi connectivity index (χ0) is 61.6. The molecule has 9 nitrogen and oxygen atoms in total. The Labute approximate surface area is 522 Å². The minimum absolute atomic E-state index is 0.0410. The minimum atomic E-state index is -4.41. The molecule has 0 aliphatic rings. The normalized spacial score (nSPS) is 13.9. The van der Waals surface area contributed by atoms with Crippen LogP contribution in [-0.4, -0.2) is 49.3 Å². The van der Waals surface area contributed by atoms with Crippen molar-refractivity contribution in [2.75, 3.05) is 26.4 Å². The predicted octanol–water partition coefficient (Wildman–Crippen LogP) is 22.6. The summed E-state index contributed by atoms with van der Waals surface area (Å²) < 4.78 is 33.1. The smallest absolute Gasteiger partial charge is 0.462 e. The fraction of sp³-hybridized carbons (Fsp3) is 0.653. The number of hydrogen-bond acceptors (Lipinski definition) is 8. The second-order valence-electron chi connectivity index (χ2n) is 22.3. The molecule has 0 saturated carbocycles. The molecule has 0 saturated heterocycles. The number of allylic oxidation sites excluding steroid dienone is 24. The second kappa shape index (κ2) is 69.0. The van der Waals surface area contributed by atoms with Crippen LogP contribution in [-0.2, 0) is 32.7 Å². The summed E-state index contributed by atoms with van der Waals surface area (Å²) in [6.45, 7) is 3.60. The standard InChI is InChI=1S/C75H126NO8P/c1-3-5-7-9-11-13-15-17-19-21-23-25-27-29-31-32-33-34-35-36-37-38-39-40-42-44-46-48-50-52-54-56-58-60-62-64-66-68-75(78)84-73(72-83-85(79,80)82-70-69-76)71-81-74(77)67-65-63-61-59-57-55-53-51-49-47-45-43-41-30-28-26-24-22-20-18-16-14-12-10-8-6-4-2/h5,7,11,13,17,19,22-25,29,31,33-34,36-37,39-40,44,46,50,52,56,58,73H,3-4,6,8-10,12,14-16,18,20-21,26-28,30,32,35,38,41-43,45,47-49,51,53-55,57,59-72,76H2,1-2H3,(H,79,80)/b7-5-,13-11-,19-17-,24-22-,25-23-,31-29-,34-33-,37-36-,40-39-,46-44-,52-50-,58-56-. The topological polar surface area (TPSA) is 134 Å². The fourth-order valence-electron chi connectivity index (χ4n) is 9.17. The first-order valence-electron chi connectivity index (χ1n) is 34.3. The highest BCUT2D eigenvalue weighted by molar-refractivity contribution is 7.47. The maximum Gasteiger partial charge on any atom is 0.472 e. The summed E-state index contributed by atoms with van der Waals surface area (Å²) >= 11 is 0. The minimum Gasteiger partial charge on any atom is -0.462 e. The van der Waals surface area contributed by atoms with Crippen molar-refractivity contribution in [3.8, 4) is 0 Å². The van der Waals surface area contributed by atoms with Gasteiger partial charge in [-0.15, -0.1) is 0 Å². The van der Waals surface area contributed by atoms with Crippen LogP contribution in [0.2, 0.25) is 0 Å². The van der Waals surface area contributed by atoms with Gasteiger partial charge in [0.1, 0.15) is 6.61 Å². The van der Waals surface area contributed by atoms with Crippen LogP contribution < -0.4 is 5.73 Å². The van der Waals surface area contributed by atoms with E-state index in [2.05, 4.69) is 160 Å². The molecule has 0 aromatic heterocycles. The summed E-state index contributed by atoms with van der Waals surface area (Å²) in [7, 11) is -4.41. The quantitative estimate of drug-likeness (QED) is 0.0264. The summed E-state index contributed by atoms with van der Waals surface area (Å²) in [4.78, 5) is 35.3. The van der Waals surface area contributed by atoms with E-state index in [-0.39, 0.29) is 32.6 Å². The third-order valence-corrected chi connectivity index (χ3v) is 15.2. The highest BCUT2D eigenvalue weighted by atomic mass is 31.2. The average Bonchev–Trinajstić information content (AvgIpc) is 3.52. The molecule has 0 bridgehead atoms. The molecular weight excluding hydrogens is 1070 g/mol. The van der Waals surface area contributed by atoms with Crippen molar-refractivity contribution in [1.82, 2.24) is 0 Å². The summed E-state index contributed by atoms with van der Waals surface area (Å²) in [5.74, 6) is -0.868. The number of phosphoric ester groups is 1. The lowest BCUT2D eigenvalue weighted by molar-refractivity contribution is -0.161. The van der Waals surface area contributed by atoms with Crippen molar-refractivity contribution in [2.24, 2.45) is 5.73 Å². The summed E-state index contributed by atoms with van der Waals surface area (Å²) in [6.07, 6.45) is 99.3. The highest BCUT2D eigenvalue weighted by Gasteiger charge is 2.26. The van der Waals surface area contributed by atoms with Crippen LogP contribution in [0.3, 0.4) is 0 Å². The fourth-order valence-corrected chi connectivity index (χ4v) is 9.93. The van der Waals surface area contributed by atoms with Crippen LogP contribution in [0.25, 0.3) is 0 Å². The van der Waals surface area contributed by atoms with E-state index < -0.39 is 32.5 Å². The largest absolute Gasteiger partial charge is 0.472 e. The maximum absolute atomic E-state index is 12.7. The van der Waals surface area contributed by atoms with Crippen LogP contribution in [0.1, 0.15) is 284 Å². The molecule has 0 amide bonds. The molecule has 0 spiro atoms. The van der Waals surface area contributed by atoms with Crippen molar-refractivity contribution in [3.05, 3.63) is 146 Å². The summed E-state index contributed by atoms with van der Waals surface area (Å²) in [5.41, 5.74) is 5.39. The Morgan fingerprint density at radius 1 is 0.365 bits per heavy atom. The number of unbranched alkanes of at least 4 members (excludes halogenated alkanes) is 26. The third-order valence-electron chi connectivity index (χ3n) is 14.2. The predicted molar refractivity (Wildman–Crippen MR) is 367 cm³/mol. The van der Waals surface area contributed by atoms with Gasteiger partial charge >= 0.3 is 19.8 Å². The Hall–Kier alpha value is -4.11. The van der Waals surface area contributed by atoms with Gasteiger partial charge in [0.15, 0.2) is 6.10 Å². The maximum atomic E-state index is 12.7. The van der Waals surface area contributed by atoms with Crippen molar-refractivity contribution in [2.45, 2.75) is 290 Å². The number of hydrogen-bond donors (Lipinski definition) is 2. The first kappa shape index (κ1) is 80.9. The number of phosphoric acid groups is 1. The van der Waals surface area contributed by atoms with E-state index in [0.29, 0.717) is 6.42 Å². The SMILES string of the molecule is CC/C=C\C/C=C\C/C=C\C/C=C\C/C=C\C/C=C\C/C=C\C/C=C\C/C=C\C/C=C\C/C=C\CCCCCC(=O)OC(COC(=O)CCCCCCCCCCCCCCCCC/C=C\CCCCCCCCCC)COP(=O)(O)OCCN. The van der Waals surface area contributed by atoms with Crippen LogP contribution >= 0.6 is 7.82 Å². The van der Waals surface area contributed by atoms with Crippen LogP contribution in [0.5, 0.6) is 0 Å². The van der Waals surface area contributed by atoms with Gasteiger partial charge in [-0.25, -0.2) is 4.57 Å². The lowest BCUT2D eigenvalue weighted by Crippen LogP contribution is -2.29. The molecule has 10 heteroatoms. The molecule has 0 aromatic rings. The van der Waals surface area contributed by atoms with Crippen molar-refractivity contribution < 1.29 is 37.6 Å². The summed E-state index contributed by atoms with van der Waals surface area (Å²) in [6, 6.07) is 0. The highest BCUT2D eigenvalue weighted by Crippen LogP contribution is 2.43. The van der Waals surface area contributed by atoms with Gasteiger partial charge in [-0.05, 0) is 122 Å². The molecular formula is C75H126NO8P. The van der Waals surface area contributed by atoms with Crippen LogP contribution in [0.15, 0.2) is 146 Å². The van der Waals surface area contributed by atoms with Gasteiger partial charge in [-0.3, -0.25) is 18.6 Å². The molecule has 2 atom stereocenters. The number of esters is 2. The molecule has 0 aliphatic heterocycles. The van der Waals surface area contributed by atoms with E-state index in [1.807, 2.05) is 0 Å². The molecule has 0 aromatic carbocycles. The van der Waals surface area contributed by atoms with E-state index >= 15 is 0 Å². The third kappa shape index (κ3) is 68.9. The van der Waals surface area contributed by atoms with Gasteiger partial charge in [-0.1, -0.05) is 295 Å². The van der Waals surface area contributed by atoms with Gasteiger partial charge < -0.3 is 20.1 Å². The molecule has 0 aliphatic carbocycles. The Morgan fingerprint density at radius 3 is 0.988 bits per heavy atom. The van der Waals surface area contributed by atoms with Crippen LogP contribution in [0.4, 0.5) is 0 Å². The molecule has 0 rings (SSSR count). The van der Waals surface area contributed by atoms with Gasteiger partial charge in [0.2, 0.25) is 0 Å². The van der Waals surface area contributed by atoms with Crippen molar-refractivity contribution in [1.29, 1.82) is 0 Å². The summed E-state index contributed by atoms with van der Waals surface area (Å²) in [5, 5.41) is 0. The zero-order valence-corrected chi connectivity index (χ0v) is 55.2. The van der Waals surface area contributed by atoms with Crippen molar-refractivity contribution >= 4 is 19.8 Å². The molecule has 484 valence electrons. The van der Waals surface area contributed by atoms with E-state index in [4.69, 9.17) is 24.3 Å². The van der Waals surface area contributed by atoms with Gasteiger partial charge in [0.05, 0.1) is 13.2 Å². The van der Waals surface area contributed by atoms with E-state index in [1.165, 1.54) is 141 Å². The molecule has 0 fully saturated rings. The van der Waals surface area contributed by atoms with Gasteiger partial charge in [0.25, 0.3) is 0 Å². The molecule has 3 N–H and O–H groups in total. The Balaban J connectivity index is 4.03. The molecule has 2 unspecified atom stereocenters. The monoisotopic (exact) mass is 1200 g/mol. The first-order chi connectivity index (χ1) is 41.8. The van der Waals surface area contributed by atoms with Crippen LogP contribution in [0, 0.1) is 0 Å². The average molecular weight is 1200 g/mol. The molecule has 0 heterocycles. The lowest BCUT2D eigenvalue weighted by Gasteiger charge is -2.19. The number of rotatable bonds is 63. The number of carbonyl (C=O) groups is 2. The Morgan fingerprint density at radius 2 is 0.647 bits per heavy atom. The van der Waals surface area contributed by atoms with E-state index in [9.17, 15) is 19.0 Å². The Bertz CT molecular complexity index is 1900. The second-order valence-corrected chi connectivity index (χ2v) is 23.8. The first-order valence-corrected chi connectivity index (χ1v) is 35.8. The van der Waals surface area contributed by atoms with E-state index in [1.54, 1.807) is 0 Å². The number of ether oxygens (including phenoxy) is 2. The van der Waals surface area contributed by atoms with Gasteiger partial charge in [0, 0.05) is 19.4 Å². The van der Waals surface area contributed by atoms with E-state index in [0.717, 1.165) is 109 Å². The molecule has 0 radical (unpaired) electrons. The van der Waals surface area contributed by atoms with Gasteiger partial charge in [-0.2, -0.15) is 0 Å². The Kier molecular flexibility index (Phi) is 65.7. The number of nitrogens with two attached hydrogens (primary N) is 1. The van der Waals surface area contributed by atoms with Crippen molar-refractivity contribution in [3.63, 3.8) is 0 Å². The zero-order valence-electron chi connectivity index (χ0n) is 54.3. The number of carbonyl (C=O) groups excluding carboxylic acids is 2.